The van der Waals surface area contributed by atoms with E-state index >= 15 is 0 Å². The molecule has 0 saturated heterocycles. The molecule has 2 N–H and O–H groups in total. The van der Waals surface area contributed by atoms with Crippen molar-refractivity contribution < 1.29 is 14.6 Å². The van der Waals surface area contributed by atoms with Crippen molar-refractivity contribution >= 4 is 0 Å². The van der Waals surface area contributed by atoms with Crippen LogP contribution in [0.2, 0.25) is 0 Å². The molecule has 0 aliphatic carbocycles. The molecule has 0 aliphatic heterocycles. The predicted molar refractivity (Wildman–Crippen MR) is 72.3 cm³/mol. The second-order valence-corrected chi connectivity index (χ2v) is 4.49. The van der Waals surface area contributed by atoms with Crippen LogP contribution < -0.4 is 14.8 Å². The van der Waals surface area contributed by atoms with Gasteiger partial charge in [-0.15, -0.1) is 0 Å². The van der Waals surface area contributed by atoms with Crippen molar-refractivity contribution in [1.29, 1.82) is 0 Å². The largest absolute Gasteiger partial charge is 0.496 e. The second kappa shape index (κ2) is 6.61. The lowest BCUT2D eigenvalue weighted by atomic mass is 9.93. The summed E-state index contributed by atoms with van der Waals surface area (Å²) < 4.78 is 10.6. The van der Waals surface area contributed by atoms with Crippen molar-refractivity contribution in [2.24, 2.45) is 0 Å². The zero-order chi connectivity index (χ0) is 13.6. The van der Waals surface area contributed by atoms with Gasteiger partial charge in [-0.3, -0.25) is 0 Å². The number of hydrogen-bond donors (Lipinski definition) is 2. The van der Waals surface area contributed by atoms with E-state index in [1.807, 2.05) is 18.2 Å². The Morgan fingerprint density at radius 3 is 2.22 bits per heavy atom. The van der Waals surface area contributed by atoms with E-state index in [0.717, 1.165) is 13.0 Å². The number of methoxy groups -OCH3 is 2. The van der Waals surface area contributed by atoms with E-state index in [2.05, 4.69) is 12.2 Å². The molecule has 0 radical (unpaired) electrons. The Labute approximate surface area is 109 Å². The molecule has 0 spiro atoms. The van der Waals surface area contributed by atoms with Crippen LogP contribution in [-0.4, -0.2) is 32.4 Å². The molecule has 4 nitrogen and oxygen atoms in total. The Balaban J connectivity index is 3.04. The molecule has 0 aliphatic rings. The van der Waals surface area contributed by atoms with E-state index in [4.69, 9.17) is 9.47 Å². The van der Waals surface area contributed by atoms with Gasteiger partial charge in [0.1, 0.15) is 17.1 Å². The zero-order valence-electron chi connectivity index (χ0n) is 11.6. The van der Waals surface area contributed by atoms with Crippen LogP contribution >= 0.6 is 0 Å². The van der Waals surface area contributed by atoms with Gasteiger partial charge in [-0.2, -0.15) is 0 Å². The van der Waals surface area contributed by atoms with Crippen molar-refractivity contribution in [3.63, 3.8) is 0 Å². The lowest BCUT2D eigenvalue weighted by Crippen LogP contribution is -2.36. The van der Waals surface area contributed by atoms with Crippen LogP contribution in [0.25, 0.3) is 0 Å². The average molecular weight is 253 g/mol. The summed E-state index contributed by atoms with van der Waals surface area (Å²) in [4.78, 5) is 0. The number of nitrogens with one attached hydrogen (secondary N) is 1. The van der Waals surface area contributed by atoms with Gasteiger partial charge in [0.05, 0.1) is 19.8 Å². The van der Waals surface area contributed by atoms with E-state index in [-0.39, 0.29) is 0 Å². The molecule has 0 amide bonds. The smallest absolute Gasteiger partial charge is 0.128 e. The van der Waals surface area contributed by atoms with Crippen molar-refractivity contribution in [3.05, 3.63) is 23.8 Å². The third-order valence-corrected chi connectivity index (χ3v) is 2.86. The van der Waals surface area contributed by atoms with Gasteiger partial charge in [-0.25, -0.2) is 0 Å². The summed E-state index contributed by atoms with van der Waals surface area (Å²) in [5, 5.41) is 13.8. The first kappa shape index (κ1) is 14.8. The van der Waals surface area contributed by atoms with Gasteiger partial charge in [0.15, 0.2) is 0 Å². The first-order chi connectivity index (χ1) is 8.56. The van der Waals surface area contributed by atoms with E-state index in [0.29, 0.717) is 23.6 Å². The van der Waals surface area contributed by atoms with Crippen molar-refractivity contribution in [2.45, 2.75) is 25.9 Å². The Kier molecular flexibility index (Phi) is 5.44. The highest BCUT2D eigenvalue weighted by Crippen LogP contribution is 2.37. The average Bonchev–Trinajstić information content (AvgIpc) is 2.37. The van der Waals surface area contributed by atoms with E-state index < -0.39 is 5.60 Å². The topological polar surface area (TPSA) is 50.7 Å². The van der Waals surface area contributed by atoms with E-state index in [9.17, 15) is 5.11 Å². The second-order valence-electron chi connectivity index (χ2n) is 4.49. The minimum Gasteiger partial charge on any atom is -0.496 e. The molecule has 0 aromatic heterocycles. The summed E-state index contributed by atoms with van der Waals surface area (Å²) in [6.45, 7) is 5.17. The molecule has 1 aromatic carbocycles. The predicted octanol–water partition coefficient (Wildman–Crippen LogP) is 1.91. The lowest BCUT2D eigenvalue weighted by Gasteiger charge is -2.27. The molecular formula is C14H23NO3. The molecule has 0 fully saturated rings. The molecule has 1 unspecified atom stereocenters. The normalized spacial score (nSPS) is 14.1. The minimum absolute atomic E-state index is 0.456. The van der Waals surface area contributed by atoms with Crippen LogP contribution in [0.4, 0.5) is 0 Å². The Hall–Kier alpha value is -1.26. The van der Waals surface area contributed by atoms with Crippen molar-refractivity contribution in [3.8, 4) is 11.5 Å². The summed E-state index contributed by atoms with van der Waals surface area (Å²) in [5.41, 5.74) is -0.355. The fourth-order valence-electron chi connectivity index (χ4n) is 1.98. The summed E-state index contributed by atoms with van der Waals surface area (Å²) in [5.74, 6) is 1.27. The quantitative estimate of drug-likeness (QED) is 0.729. The molecule has 4 heteroatoms. The number of ether oxygens (including phenoxy) is 2. The monoisotopic (exact) mass is 253 g/mol. The molecule has 0 saturated carbocycles. The molecule has 1 rings (SSSR count). The SMILES string of the molecule is CCCNCC(C)(O)c1c(OC)cccc1OC. The fourth-order valence-corrected chi connectivity index (χ4v) is 1.98. The van der Waals surface area contributed by atoms with E-state index in [1.165, 1.54) is 0 Å². The maximum Gasteiger partial charge on any atom is 0.128 e. The van der Waals surface area contributed by atoms with Gasteiger partial charge in [-0.1, -0.05) is 13.0 Å². The van der Waals surface area contributed by atoms with Gasteiger partial charge in [-0.05, 0) is 32.0 Å². The van der Waals surface area contributed by atoms with Crippen LogP contribution in [0, 0.1) is 0 Å². The highest BCUT2D eigenvalue weighted by molar-refractivity contribution is 5.48. The maximum atomic E-state index is 10.6. The van der Waals surface area contributed by atoms with Crippen LogP contribution in [0.15, 0.2) is 18.2 Å². The Morgan fingerprint density at radius 1 is 1.22 bits per heavy atom. The van der Waals surface area contributed by atoms with Crippen molar-refractivity contribution in [1.82, 2.24) is 5.32 Å². The van der Waals surface area contributed by atoms with Crippen LogP contribution in [0.1, 0.15) is 25.8 Å². The van der Waals surface area contributed by atoms with Gasteiger partial charge in [0, 0.05) is 6.54 Å². The molecule has 102 valence electrons. The summed E-state index contributed by atoms with van der Waals surface area (Å²) in [7, 11) is 3.18. The maximum absolute atomic E-state index is 10.6. The number of aliphatic hydroxyl groups is 1. The Bertz CT molecular complexity index is 355. The van der Waals surface area contributed by atoms with Gasteiger partial charge < -0.3 is 19.9 Å². The molecule has 1 aromatic rings. The minimum atomic E-state index is -1.03. The van der Waals surface area contributed by atoms with Gasteiger partial charge in [0.25, 0.3) is 0 Å². The number of rotatable bonds is 7. The first-order valence-electron chi connectivity index (χ1n) is 6.21. The van der Waals surface area contributed by atoms with Crippen LogP contribution in [0.3, 0.4) is 0 Å². The summed E-state index contributed by atoms with van der Waals surface area (Å²) in [6.07, 6.45) is 1.03. The molecule has 0 heterocycles. The molecule has 0 bridgehead atoms. The third kappa shape index (κ3) is 3.37. The van der Waals surface area contributed by atoms with Gasteiger partial charge >= 0.3 is 0 Å². The first-order valence-corrected chi connectivity index (χ1v) is 6.21. The van der Waals surface area contributed by atoms with Crippen LogP contribution in [0.5, 0.6) is 11.5 Å². The number of hydrogen-bond acceptors (Lipinski definition) is 4. The van der Waals surface area contributed by atoms with Crippen LogP contribution in [-0.2, 0) is 5.60 Å². The lowest BCUT2D eigenvalue weighted by molar-refractivity contribution is 0.0519. The van der Waals surface area contributed by atoms with Gasteiger partial charge in [0.2, 0.25) is 0 Å². The zero-order valence-corrected chi connectivity index (χ0v) is 11.6. The fraction of sp³-hybridized carbons (Fsp3) is 0.571. The standard InChI is InChI=1S/C14H23NO3/c1-5-9-15-10-14(2,16)13-11(17-3)7-6-8-12(13)18-4/h6-8,15-16H,5,9-10H2,1-4H3. The highest BCUT2D eigenvalue weighted by atomic mass is 16.5. The van der Waals surface area contributed by atoms with Crippen molar-refractivity contribution in [2.75, 3.05) is 27.3 Å². The molecular weight excluding hydrogens is 230 g/mol. The molecule has 18 heavy (non-hydrogen) atoms. The molecule has 1 atom stereocenters. The summed E-state index contributed by atoms with van der Waals surface area (Å²) in [6, 6.07) is 5.50. The number of benzene rings is 1. The summed E-state index contributed by atoms with van der Waals surface area (Å²) >= 11 is 0. The van der Waals surface area contributed by atoms with E-state index in [1.54, 1.807) is 21.1 Å². The third-order valence-electron chi connectivity index (χ3n) is 2.86. The highest BCUT2D eigenvalue weighted by Gasteiger charge is 2.30. The Morgan fingerprint density at radius 2 is 1.78 bits per heavy atom.